The van der Waals surface area contributed by atoms with Gasteiger partial charge in [-0.25, -0.2) is 5.43 Å². The molecule has 3 N–H and O–H groups in total. The van der Waals surface area contributed by atoms with E-state index in [1.54, 1.807) is 30.1 Å². The zero-order valence-electron chi connectivity index (χ0n) is 13.1. The number of nitro groups is 1. The summed E-state index contributed by atoms with van der Waals surface area (Å²) < 4.78 is 1.58. The second-order valence-corrected chi connectivity index (χ2v) is 5.12. The average molecular weight is 348 g/mol. The molecular formula is C14H16N6O3S. The van der Waals surface area contributed by atoms with Crippen molar-refractivity contribution < 1.29 is 9.72 Å². The minimum absolute atomic E-state index is 0.0720. The first-order valence-corrected chi connectivity index (χ1v) is 7.47. The van der Waals surface area contributed by atoms with Gasteiger partial charge in [0.1, 0.15) is 5.69 Å². The number of thiocarbonyl (C=S) groups is 1. The average Bonchev–Trinajstić information content (AvgIpc) is 2.99. The third-order valence-electron chi connectivity index (χ3n) is 3.13. The van der Waals surface area contributed by atoms with Gasteiger partial charge in [-0.2, -0.15) is 5.10 Å². The molecule has 2 aromatic rings. The van der Waals surface area contributed by atoms with Crippen molar-refractivity contribution in [3.63, 3.8) is 0 Å². The standard InChI is InChI=1S/C14H16N6O3S/c1-3-19-8-11(13(21)16-14(24)17-15-2)12(18-19)9-5-4-6-10(7-9)20(22)23/h4-8,15H,3H2,1-2H3,(H2,16,17,21,24). The summed E-state index contributed by atoms with van der Waals surface area (Å²) in [5.74, 6) is -0.455. The number of hydrazine groups is 1. The summed E-state index contributed by atoms with van der Waals surface area (Å²) in [4.78, 5) is 22.9. The van der Waals surface area contributed by atoms with Crippen molar-refractivity contribution in [3.8, 4) is 11.3 Å². The molecule has 0 atom stereocenters. The van der Waals surface area contributed by atoms with E-state index in [-0.39, 0.29) is 16.4 Å². The Morgan fingerprint density at radius 3 is 2.83 bits per heavy atom. The van der Waals surface area contributed by atoms with Gasteiger partial charge in [0.25, 0.3) is 11.6 Å². The number of rotatable bonds is 5. The number of aromatic nitrogens is 2. The molecule has 0 saturated carbocycles. The Hall–Kier alpha value is -2.85. The Labute approximate surface area is 143 Å². The number of hydrogen-bond donors (Lipinski definition) is 3. The first kappa shape index (κ1) is 17.5. The number of nitro benzene ring substituents is 1. The van der Waals surface area contributed by atoms with Crippen LogP contribution in [0.1, 0.15) is 17.3 Å². The normalized spacial score (nSPS) is 10.2. The number of hydrogen-bond acceptors (Lipinski definition) is 6. The lowest BCUT2D eigenvalue weighted by Gasteiger charge is -2.07. The third-order valence-corrected chi connectivity index (χ3v) is 3.33. The zero-order chi connectivity index (χ0) is 17.7. The highest BCUT2D eigenvalue weighted by Gasteiger charge is 2.20. The molecule has 0 aliphatic rings. The largest absolute Gasteiger partial charge is 0.298 e. The van der Waals surface area contributed by atoms with Gasteiger partial charge in [0.15, 0.2) is 5.11 Å². The Morgan fingerprint density at radius 1 is 1.46 bits per heavy atom. The molecule has 2 rings (SSSR count). The Kier molecular flexibility index (Phi) is 5.55. The predicted molar refractivity (Wildman–Crippen MR) is 92.3 cm³/mol. The van der Waals surface area contributed by atoms with Gasteiger partial charge in [-0.1, -0.05) is 12.1 Å². The van der Waals surface area contributed by atoms with E-state index in [1.807, 2.05) is 6.92 Å². The Balaban J connectivity index is 2.41. The molecule has 0 saturated heterocycles. The highest BCUT2D eigenvalue weighted by molar-refractivity contribution is 7.80. The van der Waals surface area contributed by atoms with Crippen molar-refractivity contribution in [2.75, 3.05) is 7.05 Å². The summed E-state index contributed by atoms with van der Waals surface area (Å²) >= 11 is 4.96. The molecule has 0 aliphatic heterocycles. The number of nitrogens with one attached hydrogen (secondary N) is 3. The second-order valence-electron chi connectivity index (χ2n) is 4.71. The molecule has 1 heterocycles. The zero-order valence-corrected chi connectivity index (χ0v) is 13.9. The molecule has 0 bridgehead atoms. The fraction of sp³-hybridized carbons (Fsp3) is 0.214. The lowest BCUT2D eigenvalue weighted by Crippen LogP contribution is -2.44. The van der Waals surface area contributed by atoms with Crippen molar-refractivity contribution in [1.82, 2.24) is 25.9 Å². The lowest BCUT2D eigenvalue weighted by molar-refractivity contribution is -0.384. The smallest absolute Gasteiger partial charge is 0.270 e. The van der Waals surface area contributed by atoms with Crippen LogP contribution in [0.3, 0.4) is 0 Å². The number of non-ortho nitro benzene ring substituents is 1. The summed E-state index contributed by atoms with van der Waals surface area (Å²) in [6, 6.07) is 5.97. The van der Waals surface area contributed by atoms with E-state index in [4.69, 9.17) is 12.2 Å². The number of carbonyl (C=O) groups is 1. The van der Waals surface area contributed by atoms with Gasteiger partial charge in [-0.15, -0.1) is 0 Å². The van der Waals surface area contributed by atoms with Crippen LogP contribution >= 0.6 is 12.2 Å². The van der Waals surface area contributed by atoms with Gasteiger partial charge >= 0.3 is 0 Å². The highest BCUT2D eigenvalue weighted by Crippen LogP contribution is 2.25. The molecule has 0 unspecified atom stereocenters. The van der Waals surface area contributed by atoms with Gasteiger partial charge in [0.05, 0.1) is 10.5 Å². The Morgan fingerprint density at radius 2 is 2.21 bits per heavy atom. The van der Waals surface area contributed by atoms with E-state index >= 15 is 0 Å². The highest BCUT2D eigenvalue weighted by atomic mass is 32.1. The van der Waals surface area contributed by atoms with Crippen molar-refractivity contribution in [2.45, 2.75) is 13.5 Å². The summed E-state index contributed by atoms with van der Waals surface area (Å²) in [6.45, 7) is 2.42. The van der Waals surface area contributed by atoms with Crippen LogP contribution in [-0.2, 0) is 6.54 Å². The molecule has 0 fully saturated rings. The molecule has 9 nitrogen and oxygen atoms in total. The molecule has 0 radical (unpaired) electrons. The van der Waals surface area contributed by atoms with E-state index in [0.717, 1.165) is 0 Å². The number of amides is 1. The van der Waals surface area contributed by atoms with Crippen molar-refractivity contribution in [1.29, 1.82) is 0 Å². The van der Waals surface area contributed by atoms with Gasteiger partial charge < -0.3 is 0 Å². The molecular weight excluding hydrogens is 332 g/mol. The predicted octanol–water partition coefficient (Wildman–Crippen LogP) is 1.22. The topological polar surface area (TPSA) is 114 Å². The molecule has 0 aliphatic carbocycles. The van der Waals surface area contributed by atoms with Gasteiger partial charge in [-0.05, 0) is 19.1 Å². The van der Waals surface area contributed by atoms with Crippen LogP contribution in [0.25, 0.3) is 11.3 Å². The van der Waals surface area contributed by atoms with Crippen LogP contribution < -0.4 is 16.2 Å². The van der Waals surface area contributed by atoms with Crippen LogP contribution in [-0.4, -0.2) is 32.8 Å². The molecule has 10 heteroatoms. The molecule has 0 spiro atoms. The van der Waals surface area contributed by atoms with Crippen LogP contribution in [0, 0.1) is 10.1 Å². The number of benzene rings is 1. The lowest BCUT2D eigenvalue weighted by atomic mass is 10.1. The van der Waals surface area contributed by atoms with Crippen LogP contribution in [0.4, 0.5) is 5.69 Å². The van der Waals surface area contributed by atoms with E-state index in [9.17, 15) is 14.9 Å². The number of nitrogens with zero attached hydrogens (tertiary/aromatic N) is 3. The summed E-state index contributed by atoms with van der Waals surface area (Å²) in [5.41, 5.74) is 6.22. The summed E-state index contributed by atoms with van der Waals surface area (Å²) in [7, 11) is 1.61. The monoisotopic (exact) mass is 348 g/mol. The number of aryl methyl sites for hydroxylation is 1. The van der Waals surface area contributed by atoms with Crippen molar-refractivity contribution in [3.05, 3.63) is 46.1 Å². The van der Waals surface area contributed by atoms with E-state index in [1.165, 1.54) is 12.1 Å². The quantitative estimate of drug-likeness (QED) is 0.423. The van der Waals surface area contributed by atoms with Crippen LogP contribution in [0.2, 0.25) is 0 Å². The van der Waals surface area contributed by atoms with Crippen LogP contribution in [0.15, 0.2) is 30.5 Å². The van der Waals surface area contributed by atoms with Gasteiger partial charge in [-0.3, -0.25) is 30.3 Å². The Bertz CT molecular complexity index is 789. The maximum absolute atomic E-state index is 12.4. The second kappa shape index (κ2) is 7.62. The number of carbonyl (C=O) groups excluding carboxylic acids is 1. The molecule has 1 aromatic heterocycles. The summed E-state index contributed by atoms with van der Waals surface area (Å²) in [6.07, 6.45) is 1.57. The SMILES string of the molecule is CCn1cc(C(=O)NC(=S)NNC)c(-c2cccc([N+](=O)[O-])c2)n1. The minimum atomic E-state index is -0.494. The molecule has 1 amide bonds. The van der Waals surface area contributed by atoms with Gasteiger partial charge in [0, 0.05) is 37.5 Å². The van der Waals surface area contributed by atoms with E-state index in [0.29, 0.717) is 17.8 Å². The molecule has 1 aromatic carbocycles. The first-order valence-electron chi connectivity index (χ1n) is 7.06. The fourth-order valence-corrected chi connectivity index (χ4v) is 2.24. The maximum Gasteiger partial charge on any atom is 0.270 e. The van der Waals surface area contributed by atoms with E-state index in [2.05, 4.69) is 21.3 Å². The molecule has 24 heavy (non-hydrogen) atoms. The van der Waals surface area contributed by atoms with Crippen molar-refractivity contribution in [2.24, 2.45) is 0 Å². The van der Waals surface area contributed by atoms with E-state index < -0.39 is 10.8 Å². The molecule has 126 valence electrons. The third kappa shape index (κ3) is 3.91. The maximum atomic E-state index is 12.4. The first-order chi connectivity index (χ1) is 11.5. The van der Waals surface area contributed by atoms with Crippen molar-refractivity contribution >= 4 is 28.9 Å². The van der Waals surface area contributed by atoms with Crippen LogP contribution in [0.5, 0.6) is 0 Å². The summed E-state index contributed by atoms with van der Waals surface area (Å²) in [5, 5.41) is 17.9. The van der Waals surface area contributed by atoms with Gasteiger partial charge in [0.2, 0.25) is 0 Å². The fourth-order valence-electron chi connectivity index (χ4n) is 2.04. The minimum Gasteiger partial charge on any atom is -0.298 e.